The number of halogens is 1. The van der Waals surface area contributed by atoms with E-state index in [0.717, 1.165) is 17.7 Å². The Morgan fingerprint density at radius 1 is 1.38 bits per heavy atom. The van der Waals surface area contributed by atoms with Gasteiger partial charge in [-0.1, -0.05) is 0 Å². The molecule has 1 aromatic heterocycles. The molecule has 1 aromatic carbocycles. The number of fused-ring (bicyclic) bond motifs is 1. The minimum Gasteiger partial charge on any atom is -0.467 e. The van der Waals surface area contributed by atoms with E-state index in [4.69, 9.17) is 9.47 Å². The van der Waals surface area contributed by atoms with Crippen LogP contribution in [0.3, 0.4) is 0 Å². The third-order valence-electron chi connectivity index (χ3n) is 3.54. The lowest BCUT2D eigenvalue weighted by Gasteiger charge is -2.21. The van der Waals surface area contributed by atoms with Gasteiger partial charge in [0.2, 0.25) is 0 Å². The summed E-state index contributed by atoms with van der Waals surface area (Å²) in [6.45, 7) is 4.34. The molecule has 0 bridgehead atoms. The molecule has 0 saturated heterocycles. The maximum absolute atomic E-state index is 13.8. The molecule has 0 unspecified atom stereocenters. The number of ether oxygens (including phenoxy) is 2. The number of nitrogens with zero attached hydrogens (tertiary/aromatic N) is 1. The monoisotopic (exact) mass is 349 g/mol. The molecule has 1 aliphatic rings. The molecule has 2 N–H and O–H groups in total. The number of thiophene rings is 1. The summed E-state index contributed by atoms with van der Waals surface area (Å²) < 4.78 is 24.5. The van der Waals surface area contributed by atoms with Gasteiger partial charge in [0.1, 0.15) is 11.6 Å². The molecule has 0 atom stereocenters. The van der Waals surface area contributed by atoms with Gasteiger partial charge in [0.25, 0.3) is 0 Å². The van der Waals surface area contributed by atoms with Crippen molar-refractivity contribution < 1.29 is 13.9 Å². The van der Waals surface area contributed by atoms with Crippen molar-refractivity contribution in [2.45, 2.75) is 26.6 Å². The first-order valence-electron chi connectivity index (χ1n) is 7.81. The number of nitrogens with one attached hydrogen (secondary N) is 2. The molecule has 5 nitrogen and oxygen atoms in total. The van der Waals surface area contributed by atoms with Crippen molar-refractivity contribution in [1.29, 1.82) is 0 Å². The average Bonchev–Trinajstić information content (AvgIpc) is 3.10. The van der Waals surface area contributed by atoms with Crippen LogP contribution in [0.25, 0.3) is 0 Å². The van der Waals surface area contributed by atoms with Crippen molar-refractivity contribution in [1.82, 2.24) is 10.6 Å². The SMILES string of the molecule is CCNC(=NCc1ccsc1)NCc1cc(F)cc2c1OCOC2. The van der Waals surface area contributed by atoms with Gasteiger partial charge in [0.15, 0.2) is 12.8 Å². The highest BCUT2D eigenvalue weighted by molar-refractivity contribution is 7.07. The maximum Gasteiger partial charge on any atom is 0.191 e. The summed E-state index contributed by atoms with van der Waals surface area (Å²) in [5.74, 6) is 1.09. The van der Waals surface area contributed by atoms with E-state index in [0.29, 0.717) is 31.4 Å². The molecule has 0 amide bonds. The van der Waals surface area contributed by atoms with Crippen LogP contribution in [0.15, 0.2) is 34.0 Å². The van der Waals surface area contributed by atoms with Crippen LogP contribution in [0.2, 0.25) is 0 Å². The quantitative estimate of drug-likeness (QED) is 0.644. The van der Waals surface area contributed by atoms with Gasteiger partial charge in [-0.2, -0.15) is 11.3 Å². The van der Waals surface area contributed by atoms with E-state index in [9.17, 15) is 4.39 Å². The molecular formula is C17H20FN3O2S. The zero-order valence-corrected chi connectivity index (χ0v) is 14.3. The van der Waals surface area contributed by atoms with Crippen molar-refractivity contribution in [3.05, 3.63) is 51.5 Å². The number of rotatable bonds is 5. The van der Waals surface area contributed by atoms with E-state index in [1.807, 2.05) is 12.3 Å². The number of benzene rings is 1. The van der Waals surface area contributed by atoms with E-state index in [2.05, 4.69) is 27.1 Å². The molecule has 24 heavy (non-hydrogen) atoms. The lowest BCUT2D eigenvalue weighted by atomic mass is 10.1. The molecule has 0 fully saturated rings. The molecule has 0 aliphatic carbocycles. The third-order valence-corrected chi connectivity index (χ3v) is 4.27. The summed E-state index contributed by atoms with van der Waals surface area (Å²) in [5.41, 5.74) is 2.66. The van der Waals surface area contributed by atoms with Crippen molar-refractivity contribution in [2.75, 3.05) is 13.3 Å². The Hall–Kier alpha value is -2.12. The summed E-state index contributed by atoms with van der Waals surface area (Å²) in [6.07, 6.45) is 0. The first-order chi connectivity index (χ1) is 11.8. The van der Waals surface area contributed by atoms with Gasteiger partial charge in [-0.3, -0.25) is 0 Å². The first kappa shape index (κ1) is 16.7. The fourth-order valence-electron chi connectivity index (χ4n) is 2.46. The zero-order chi connectivity index (χ0) is 16.8. The van der Waals surface area contributed by atoms with E-state index in [1.54, 1.807) is 11.3 Å². The smallest absolute Gasteiger partial charge is 0.191 e. The Bertz CT molecular complexity index is 704. The van der Waals surface area contributed by atoms with Gasteiger partial charge in [-0.05, 0) is 41.4 Å². The Morgan fingerprint density at radius 2 is 2.29 bits per heavy atom. The number of aliphatic imine (C=N–C) groups is 1. The summed E-state index contributed by atoms with van der Waals surface area (Å²) in [6, 6.07) is 4.99. The lowest BCUT2D eigenvalue weighted by Crippen LogP contribution is -2.37. The fraction of sp³-hybridized carbons (Fsp3) is 0.353. The lowest BCUT2D eigenvalue weighted by molar-refractivity contribution is -0.0172. The van der Waals surface area contributed by atoms with Crippen LogP contribution in [0.1, 0.15) is 23.6 Å². The van der Waals surface area contributed by atoms with E-state index >= 15 is 0 Å². The van der Waals surface area contributed by atoms with Gasteiger partial charge in [-0.25, -0.2) is 9.38 Å². The van der Waals surface area contributed by atoms with E-state index < -0.39 is 0 Å². The third kappa shape index (κ3) is 4.24. The summed E-state index contributed by atoms with van der Waals surface area (Å²) >= 11 is 1.65. The molecule has 7 heteroatoms. The van der Waals surface area contributed by atoms with Crippen LogP contribution in [-0.2, 0) is 24.4 Å². The van der Waals surface area contributed by atoms with Gasteiger partial charge < -0.3 is 20.1 Å². The Labute approximate surface area is 144 Å². The second-order valence-electron chi connectivity index (χ2n) is 5.34. The Kier molecular flexibility index (Phi) is 5.66. The Morgan fingerprint density at radius 3 is 3.08 bits per heavy atom. The molecule has 3 rings (SSSR count). The van der Waals surface area contributed by atoms with Crippen LogP contribution >= 0.6 is 11.3 Å². The second-order valence-corrected chi connectivity index (χ2v) is 6.12. The summed E-state index contributed by atoms with van der Waals surface area (Å²) in [5, 5.41) is 10.5. The highest BCUT2D eigenvalue weighted by Crippen LogP contribution is 2.29. The van der Waals surface area contributed by atoms with Crippen molar-refractivity contribution in [3.63, 3.8) is 0 Å². The van der Waals surface area contributed by atoms with Crippen molar-refractivity contribution in [2.24, 2.45) is 4.99 Å². The van der Waals surface area contributed by atoms with Crippen molar-refractivity contribution >= 4 is 17.3 Å². The molecule has 128 valence electrons. The van der Waals surface area contributed by atoms with Crippen LogP contribution in [0.5, 0.6) is 5.75 Å². The number of hydrogen-bond acceptors (Lipinski definition) is 4. The first-order valence-corrected chi connectivity index (χ1v) is 8.75. The standard InChI is InChI=1S/C17H20FN3O2S/c1-2-19-17(20-7-12-3-4-24-10-12)21-8-13-5-15(18)6-14-9-22-11-23-16(13)14/h3-6,10H,2,7-9,11H2,1H3,(H2,19,20,21). The van der Waals surface area contributed by atoms with E-state index in [-0.39, 0.29) is 12.6 Å². The number of guanidine groups is 1. The zero-order valence-electron chi connectivity index (χ0n) is 13.5. The van der Waals surface area contributed by atoms with Crippen LogP contribution < -0.4 is 15.4 Å². The number of hydrogen-bond donors (Lipinski definition) is 2. The Balaban J connectivity index is 1.70. The normalized spacial score (nSPS) is 14.0. The summed E-state index contributed by atoms with van der Waals surface area (Å²) in [4.78, 5) is 4.55. The minimum absolute atomic E-state index is 0.192. The topological polar surface area (TPSA) is 54.9 Å². The molecule has 2 aromatic rings. The molecule has 0 radical (unpaired) electrons. The molecule has 1 aliphatic heterocycles. The minimum atomic E-state index is -0.292. The van der Waals surface area contributed by atoms with Gasteiger partial charge in [0.05, 0.1) is 13.2 Å². The highest BCUT2D eigenvalue weighted by atomic mass is 32.1. The molecule has 2 heterocycles. The van der Waals surface area contributed by atoms with Gasteiger partial charge >= 0.3 is 0 Å². The van der Waals surface area contributed by atoms with Crippen LogP contribution in [0.4, 0.5) is 4.39 Å². The average molecular weight is 349 g/mol. The van der Waals surface area contributed by atoms with Crippen LogP contribution in [0, 0.1) is 5.82 Å². The molecule has 0 saturated carbocycles. The second kappa shape index (κ2) is 8.12. The van der Waals surface area contributed by atoms with Crippen molar-refractivity contribution in [3.8, 4) is 5.75 Å². The molecule has 0 spiro atoms. The summed E-state index contributed by atoms with van der Waals surface area (Å²) in [7, 11) is 0. The predicted molar refractivity (Wildman–Crippen MR) is 92.7 cm³/mol. The highest BCUT2D eigenvalue weighted by Gasteiger charge is 2.17. The molecular weight excluding hydrogens is 329 g/mol. The van der Waals surface area contributed by atoms with Crippen LogP contribution in [-0.4, -0.2) is 19.3 Å². The van der Waals surface area contributed by atoms with Gasteiger partial charge in [0, 0.05) is 24.2 Å². The largest absolute Gasteiger partial charge is 0.467 e. The fourth-order valence-corrected chi connectivity index (χ4v) is 3.12. The maximum atomic E-state index is 13.8. The van der Waals surface area contributed by atoms with Gasteiger partial charge in [-0.15, -0.1) is 0 Å². The van der Waals surface area contributed by atoms with E-state index in [1.165, 1.54) is 17.7 Å². The predicted octanol–water partition coefficient (Wildman–Crippen LogP) is 3.01.